The summed E-state index contributed by atoms with van der Waals surface area (Å²) in [6, 6.07) is 6.02. The number of thiazole rings is 1. The SMILES string of the molecule is Cc1nc(CNC(=O)N2CCCC2c2ccc3c(c2)OCCO3)cs1. The van der Waals surface area contributed by atoms with E-state index in [0.29, 0.717) is 19.8 Å². The van der Waals surface area contributed by atoms with Gasteiger partial charge in [-0.15, -0.1) is 11.3 Å². The number of ether oxygens (including phenoxy) is 2. The third-order valence-electron chi connectivity index (χ3n) is 4.55. The van der Waals surface area contributed by atoms with Crippen molar-refractivity contribution in [1.29, 1.82) is 0 Å². The van der Waals surface area contributed by atoms with Gasteiger partial charge in [0, 0.05) is 11.9 Å². The molecule has 1 aromatic heterocycles. The number of likely N-dealkylation sites (tertiary alicyclic amines) is 1. The van der Waals surface area contributed by atoms with Crippen molar-refractivity contribution >= 4 is 17.4 Å². The molecule has 3 heterocycles. The molecule has 7 heteroatoms. The lowest BCUT2D eigenvalue weighted by atomic mass is 10.0. The van der Waals surface area contributed by atoms with Crippen LogP contribution in [0.15, 0.2) is 23.6 Å². The normalized spacial score (nSPS) is 19.1. The van der Waals surface area contributed by atoms with Crippen LogP contribution in [0.1, 0.15) is 35.1 Å². The molecule has 4 rings (SSSR count). The van der Waals surface area contributed by atoms with Crippen molar-refractivity contribution in [3.05, 3.63) is 39.8 Å². The van der Waals surface area contributed by atoms with Crippen LogP contribution in [0.25, 0.3) is 0 Å². The number of hydrogen-bond acceptors (Lipinski definition) is 5. The highest BCUT2D eigenvalue weighted by molar-refractivity contribution is 7.09. The molecule has 0 saturated carbocycles. The zero-order valence-electron chi connectivity index (χ0n) is 14.2. The van der Waals surface area contributed by atoms with Crippen LogP contribution in [-0.2, 0) is 6.54 Å². The van der Waals surface area contributed by atoms with E-state index in [1.807, 2.05) is 35.4 Å². The minimum atomic E-state index is -0.0388. The second-order valence-electron chi connectivity index (χ2n) is 6.27. The molecular formula is C18H21N3O3S. The standard InChI is InChI=1S/C18H21N3O3S/c1-12-20-14(11-25-12)10-19-18(22)21-6-2-3-15(21)13-4-5-16-17(9-13)24-8-7-23-16/h4-5,9,11,15H,2-3,6-8,10H2,1H3,(H,19,22). The van der Waals surface area contributed by atoms with Gasteiger partial charge in [-0.05, 0) is 37.5 Å². The molecule has 2 aliphatic rings. The fraction of sp³-hybridized carbons (Fsp3) is 0.444. The highest BCUT2D eigenvalue weighted by Gasteiger charge is 2.30. The van der Waals surface area contributed by atoms with Crippen molar-refractivity contribution in [2.24, 2.45) is 0 Å². The zero-order valence-corrected chi connectivity index (χ0v) is 15.0. The Balaban J connectivity index is 1.45. The Morgan fingerprint density at radius 3 is 3.00 bits per heavy atom. The third-order valence-corrected chi connectivity index (χ3v) is 5.37. The van der Waals surface area contributed by atoms with Crippen molar-refractivity contribution in [1.82, 2.24) is 15.2 Å². The minimum Gasteiger partial charge on any atom is -0.486 e. The van der Waals surface area contributed by atoms with Crippen molar-refractivity contribution < 1.29 is 14.3 Å². The van der Waals surface area contributed by atoms with Gasteiger partial charge in [0.1, 0.15) is 13.2 Å². The number of hydrogen-bond donors (Lipinski definition) is 1. The molecule has 25 heavy (non-hydrogen) atoms. The summed E-state index contributed by atoms with van der Waals surface area (Å²) in [6.07, 6.45) is 1.96. The molecule has 1 fully saturated rings. The van der Waals surface area contributed by atoms with E-state index in [-0.39, 0.29) is 12.1 Å². The molecule has 1 atom stereocenters. The smallest absolute Gasteiger partial charge is 0.318 e. The molecule has 1 N–H and O–H groups in total. The Labute approximate surface area is 150 Å². The zero-order chi connectivity index (χ0) is 17.2. The van der Waals surface area contributed by atoms with Gasteiger partial charge in [-0.2, -0.15) is 0 Å². The minimum absolute atomic E-state index is 0.0388. The molecule has 132 valence electrons. The van der Waals surface area contributed by atoms with Gasteiger partial charge >= 0.3 is 6.03 Å². The average Bonchev–Trinajstić information content (AvgIpc) is 3.28. The summed E-state index contributed by atoms with van der Waals surface area (Å²) < 4.78 is 11.3. The maximum atomic E-state index is 12.6. The maximum absolute atomic E-state index is 12.6. The molecule has 1 aromatic carbocycles. The lowest BCUT2D eigenvalue weighted by Crippen LogP contribution is -2.39. The lowest BCUT2D eigenvalue weighted by molar-refractivity contribution is 0.170. The topological polar surface area (TPSA) is 63.7 Å². The number of aromatic nitrogens is 1. The fourth-order valence-electron chi connectivity index (χ4n) is 3.38. The van der Waals surface area contributed by atoms with E-state index in [9.17, 15) is 4.79 Å². The fourth-order valence-corrected chi connectivity index (χ4v) is 3.99. The van der Waals surface area contributed by atoms with Crippen LogP contribution in [0.3, 0.4) is 0 Å². The van der Waals surface area contributed by atoms with Crippen LogP contribution in [0.4, 0.5) is 4.79 Å². The van der Waals surface area contributed by atoms with E-state index in [4.69, 9.17) is 9.47 Å². The molecule has 0 spiro atoms. The number of amides is 2. The highest BCUT2D eigenvalue weighted by Crippen LogP contribution is 2.38. The summed E-state index contributed by atoms with van der Waals surface area (Å²) in [7, 11) is 0. The number of carbonyl (C=O) groups is 1. The summed E-state index contributed by atoms with van der Waals surface area (Å²) in [4.78, 5) is 18.9. The Hall–Kier alpha value is -2.28. The Kier molecular flexibility index (Phi) is 4.48. The Morgan fingerprint density at radius 2 is 2.20 bits per heavy atom. The van der Waals surface area contributed by atoms with Crippen LogP contribution in [0, 0.1) is 6.92 Å². The van der Waals surface area contributed by atoms with Gasteiger partial charge in [-0.25, -0.2) is 9.78 Å². The largest absolute Gasteiger partial charge is 0.486 e. The first-order valence-electron chi connectivity index (χ1n) is 8.56. The van der Waals surface area contributed by atoms with Gasteiger partial charge in [-0.3, -0.25) is 0 Å². The molecule has 0 bridgehead atoms. The molecule has 1 unspecified atom stereocenters. The predicted octanol–water partition coefficient (Wildman–Crippen LogP) is 3.27. The third kappa shape index (κ3) is 3.42. The number of benzene rings is 1. The van der Waals surface area contributed by atoms with Crippen molar-refractivity contribution in [3.63, 3.8) is 0 Å². The first-order chi connectivity index (χ1) is 12.2. The van der Waals surface area contributed by atoms with Crippen LogP contribution < -0.4 is 14.8 Å². The summed E-state index contributed by atoms with van der Waals surface area (Å²) in [5, 5.41) is 5.99. The summed E-state index contributed by atoms with van der Waals surface area (Å²) in [6.45, 7) is 4.35. The lowest BCUT2D eigenvalue weighted by Gasteiger charge is -2.26. The molecule has 6 nitrogen and oxygen atoms in total. The van der Waals surface area contributed by atoms with Gasteiger partial charge in [0.25, 0.3) is 0 Å². The van der Waals surface area contributed by atoms with Crippen molar-refractivity contribution in [2.75, 3.05) is 19.8 Å². The number of rotatable bonds is 3. The molecular weight excluding hydrogens is 338 g/mol. The average molecular weight is 359 g/mol. The highest BCUT2D eigenvalue weighted by atomic mass is 32.1. The van der Waals surface area contributed by atoms with Gasteiger partial charge < -0.3 is 19.7 Å². The van der Waals surface area contributed by atoms with E-state index in [1.54, 1.807) is 11.3 Å². The number of carbonyl (C=O) groups excluding carboxylic acids is 1. The quantitative estimate of drug-likeness (QED) is 0.914. The van der Waals surface area contributed by atoms with Crippen LogP contribution in [-0.4, -0.2) is 35.7 Å². The molecule has 0 aliphatic carbocycles. The summed E-state index contributed by atoms with van der Waals surface area (Å²) in [5.74, 6) is 1.55. The van der Waals surface area contributed by atoms with E-state index >= 15 is 0 Å². The van der Waals surface area contributed by atoms with Gasteiger partial charge in [0.15, 0.2) is 11.5 Å². The molecule has 0 radical (unpaired) electrons. The first kappa shape index (κ1) is 16.2. The molecule has 1 saturated heterocycles. The maximum Gasteiger partial charge on any atom is 0.318 e. The Bertz CT molecular complexity index is 777. The van der Waals surface area contributed by atoms with Gasteiger partial charge in [0.05, 0.1) is 23.3 Å². The summed E-state index contributed by atoms with van der Waals surface area (Å²) >= 11 is 1.60. The second kappa shape index (κ2) is 6.92. The number of fused-ring (bicyclic) bond motifs is 1. The Morgan fingerprint density at radius 1 is 1.36 bits per heavy atom. The number of nitrogens with zero attached hydrogens (tertiary/aromatic N) is 2. The second-order valence-corrected chi connectivity index (χ2v) is 7.33. The summed E-state index contributed by atoms with van der Waals surface area (Å²) in [5.41, 5.74) is 2.01. The van der Waals surface area contributed by atoms with Crippen molar-refractivity contribution in [3.8, 4) is 11.5 Å². The van der Waals surface area contributed by atoms with Crippen molar-refractivity contribution in [2.45, 2.75) is 32.4 Å². The van der Waals surface area contributed by atoms with Crippen LogP contribution in [0.5, 0.6) is 11.5 Å². The number of urea groups is 1. The van der Waals surface area contributed by atoms with Gasteiger partial charge in [-0.1, -0.05) is 6.07 Å². The monoisotopic (exact) mass is 359 g/mol. The van der Waals surface area contributed by atoms with E-state index in [1.165, 1.54) is 0 Å². The molecule has 2 aromatic rings. The molecule has 2 aliphatic heterocycles. The van der Waals surface area contributed by atoms with Crippen LogP contribution >= 0.6 is 11.3 Å². The first-order valence-corrected chi connectivity index (χ1v) is 9.44. The van der Waals surface area contributed by atoms with E-state index in [0.717, 1.165) is 47.2 Å². The van der Waals surface area contributed by atoms with Crippen LogP contribution in [0.2, 0.25) is 0 Å². The van der Waals surface area contributed by atoms with E-state index < -0.39 is 0 Å². The van der Waals surface area contributed by atoms with E-state index in [2.05, 4.69) is 10.3 Å². The van der Waals surface area contributed by atoms with Gasteiger partial charge in [0.2, 0.25) is 0 Å². The molecule has 2 amide bonds. The number of nitrogens with one attached hydrogen (secondary N) is 1. The number of aryl methyl sites for hydroxylation is 1. The predicted molar refractivity (Wildman–Crippen MR) is 95.2 cm³/mol.